The molecule has 0 N–H and O–H groups in total. The Kier molecular flexibility index (Phi) is 3.65. The Morgan fingerprint density at radius 3 is 2.83 bits per heavy atom. The summed E-state index contributed by atoms with van der Waals surface area (Å²) in [6.07, 6.45) is 2.30. The molecule has 1 aromatic rings. The molecule has 3 aliphatic rings. The van der Waals surface area contributed by atoms with Crippen LogP contribution in [-0.4, -0.2) is 43.7 Å². The van der Waals surface area contributed by atoms with Gasteiger partial charge in [-0.2, -0.15) is 0 Å². The maximum absolute atomic E-state index is 11.0. The molecule has 0 radical (unpaired) electrons. The molecule has 7 heteroatoms. The molecule has 7 nitrogen and oxygen atoms in total. The van der Waals surface area contributed by atoms with Crippen LogP contribution in [0.1, 0.15) is 31.2 Å². The molecule has 130 valence electrons. The van der Waals surface area contributed by atoms with Crippen molar-refractivity contribution in [2.75, 3.05) is 26.9 Å². The maximum atomic E-state index is 11.0. The van der Waals surface area contributed by atoms with Crippen molar-refractivity contribution in [2.24, 2.45) is 0 Å². The predicted molar refractivity (Wildman–Crippen MR) is 84.1 cm³/mol. The van der Waals surface area contributed by atoms with Crippen molar-refractivity contribution in [3.8, 4) is 11.5 Å². The van der Waals surface area contributed by atoms with E-state index in [9.17, 15) is 10.1 Å². The molecule has 2 heterocycles. The molecule has 1 aliphatic carbocycles. The fraction of sp³-hybridized carbons (Fsp3) is 0.647. The van der Waals surface area contributed by atoms with E-state index in [4.69, 9.17) is 18.9 Å². The summed E-state index contributed by atoms with van der Waals surface area (Å²) in [5.74, 6) is 0.783. The predicted octanol–water partition coefficient (Wildman–Crippen LogP) is 2.29. The van der Waals surface area contributed by atoms with Gasteiger partial charge in [0.05, 0.1) is 20.3 Å². The molecule has 2 aliphatic heterocycles. The van der Waals surface area contributed by atoms with Crippen LogP contribution in [0.3, 0.4) is 0 Å². The summed E-state index contributed by atoms with van der Waals surface area (Å²) in [6.45, 7) is 1.10. The van der Waals surface area contributed by atoms with Gasteiger partial charge in [-0.15, -0.1) is 0 Å². The second-order valence-corrected chi connectivity index (χ2v) is 6.72. The van der Waals surface area contributed by atoms with Crippen molar-refractivity contribution in [2.45, 2.75) is 43.0 Å². The maximum Gasteiger partial charge on any atom is 0.204 e. The highest BCUT2D eigenvalue weighted by Gasteiger charge is 2.58. The first-order valence-corrected chi connectivity index (χ1v) is 8.32. The quantitative estimate of drug-likeness (QED) is 0.620. The lowest BCUT2D eigenvalue weighted by Gasteiger charge is -2.44. The number of nitrogens with zero attached hydrogens (tertiary/aromatic N) is 1. The summed E-state index contributed by atoms with van der Waals surface area (Å²) in [5, 5.41) is 11.0. The summed E-state index contributed by atoms with van der Waals surface area (Å²) < 4.78 is 23.4. The largest absolute Gasteiger partial charge is 0.493 e. The summed E-state index contributed by atoms with van der Waals surface area (Å²) in [7, 11) is 1.61. The summed E-state index contributed by atoms with van der Waals surface area (Å²) in [5.41, 5.74) is 0.638. The lowest BCUT2D eigenvalue weighted by molar-refractivity contribution is -0.482. The topological polar surface area (TPSA) is 80.1 Å². The Morgan fingerprint density at radius 1 is 1.33 bits per heavy atom. The molecule has 4 rings (SSSR count). The zero-order chi connectivity index (χ0) is 16.8. The highest BCUT2D eigenvalue weighted by Crippen LogP contribution is 2.57. The number of rotatable bonds is 4. The van der Waals surface area contributed by atoms with Gasteiger partial charge in [0, 0.05) is 35.2 Å². The van der Waals surface area contributed by atoms with E-state index < -0.39 is 5.79 Å². The highest BCUT2D eigenvalue weighted by molar-refractivity contribution is 5.54. The first-order chi connectivity index (χ1) is 11.6. The number of fused-ring (bicyclic) bond motifs is 3. The third-order valence-corrected chi connectivity index (χ3v) is 5.61. The van der Waals surface area contributed by atoms with Crippen molar-refractivity contribution < 1.29 is 23.9 Å². The van der Waals surface area contributed by atoms with Crippen molar-refractivity contribution >= 4 is 0 Å². The molecule has 0 aromatic heterocycles. The smallest absolute Gasteiger partial charge is 0.204 e. The number of benzene rings is 1. The molecule has 24 heavy (non-hydrogen) atoms. The molecule has 0 amide bonds. The van der Waals surface area contributed by atoms with E-state index in [-0.39, 0.29) is 23.0 Å². The lowest BCUT2D eigenvalue weighted by Crippen LogP contribution is -2.51. The number of methoxy groups -OCH3 is 1. The first kappa shape index (κ1) is 15.7. The minimum atomic E-state index is -0.599. The van der Waals surface area contributed by atoms with Crippen molar-refractivity contribution in [3.05, 3.63) is 33.9 Å². The van der Waals surface area contributed by atoms with Gasteiger partial charge < -0.3 is 18.9 Å². The van der Waals surface area contributed by atoms with Gasteiger partial charge in [0.25, 0.3) is 0 Å². The zero-order valence-electron chi connectivity index (χ0n) is 13.7. The van der Waals surface area contributed by atoms with Crippen LogP contribution in [0.15, 0.2) is 18.2 Å². The van der Waals surface area contributed by atoms with Crippen LogP contribution in [0.2, 0.25) is 0 Å². The van der Waals surface area contributed by atoms with Crippen LogP contribution in [0, 0.1) is 10.1 Å². The molecular formula is C17H21NO6. The van der Waals surface area contributed by atoms with Crippen molar-refractivity contribution in [1.82, 2.24) is 0 Å². The van der Waals surface area contributed by atoms with Gasteiger partial charge >= 0.3 is 0 Å². The minimum Gasteiger partial charge on any atom is -0.493 e. The Labute approximate surface area is 140 Å². The van der Waals surface area contributed by atoms with Gasteiger partial charge in [-0.25, -0.2) is 0 Å². The highest BCUT2D eigenvalue weighted by atomic mass is 16.7. The second-order valence-electron chi connectivity index (χ2n) is 6.72. The molecule has 2 fully saturated rings. The van der Waals surface area contributed by atoms with Gasteiger partial charge in [-0.3, -0.25) is 10.1 Å². The lowest BCUT2D eigenvalue weighted by atomic mass is 9.65. The Bertz CT molecular complexity index is 656. The molecule has 1 saturated heterocycles. The Morgan fingerprint density at radius 2 is 2.12 bits per heavy atom. The van der Waals surface area contributed by atoms with E-state index in [1.54, 1.807) is 7.11 Å². The third kappa shape index (κ3) is 2.26. The fourth-order valence-electron chi connectivity index (χ4n) is 4.42. The molecule has 1 saturated carbocycles. The van der Waals surface area contributed by atoms with E-state index >= 15 is 0 Å². The van der Waals surface area contributed by atoms with Gasteiger partial charge in [-0.05, 0) is 12.5 Å². The van der Waals surface area contributed by atoms with E-state index in [0.717, 1.165) is 18.4 Å². The van der Waals surface area contributed by atoms with Gasteiger partial charge in [0.2, 0.25) is 6.54 Å². The number of ether oxygens (including phenoxy) is 4. The van der Waals surface area contributed by atoms with Crippen LogP contribution in [0.25, 0.3) is 0 Å². The molecule has 1 aromatic carbocycles. The van der Waals surface area contributed by atoms with E-state index in [1.165, 1.54) is 0 Å². The fourth-order valence-corrected chi connectivity index (χ4v) is 4.42. The normalized spacial score (nSPS) is 29.8. The number of hydrogen-bond donors (Lipinski definition) is 0. The summed E-state index contributed by atoms with van der Waals surface area (Å²) in [6, 6.07) is 5.78. The summed E-state index contributed by atoms with van der Waals surface area (Å²) in [4.78, 5) is 10.7. The van der Waals surface area contributed by atoms with Crippen molar-refractivity contribution in [3.63, 3.8) is 0 Å². The van der Waals surface area contributed by atoms with Crippen LogP contribution in [0.5, 0.6) is 11.5 Å². The van der Waals surface area contributed by atoms with Crippen LogP contribution in [-0.2, 0) is 14.9 Å². The average Bonchev–Trinajstić information content (AvgIpc) is 3.16. The average molecular weight is 335 g/mol. The Balaban J connectivity index is 1.72. The van der Waals surface area contributed by atoms with E-state index in [1.807, 2.05) is 18.2 Å². The molecule has 1 unspecified atom stereocenters. The van der Waals surface area contributed by atoms with Crippen LogP contribution in [0.4, 0.5) is 0 Å². The van der Waals surface area contributed by atoms with Gasteiger partial charge in [0.15, 0.2) is 17.3 Å². The van der Waals surface area contributed by atoms with Gasteiger partial charge in [-0.1, -0.05) is 12.1 Å². The number of hydrogen-bond acceptors (Lipinski definition) is 6. The molecule has 0 bridgehead atoms. The number of nitro groups is 1. The standard InChI is InChI=1S/C17H21NO6/c1-21-13-4-2-3-12-15(13)24-14-11-17(22-9-10-23-17)6-5-16(12,14)7-8-18(19)20/h2-4,14H,5-11H2,1H3/t14?,16-/m1/s1. The summed E-state index contributed by atoms with van der Waals surface area (Å²) >= 11 is 0. The molecule has 2 atom stereocenters. The van der Waals surface area contributed by atoms with Crippen LogP contribution >= 0.6 is 0 Å². The zero-order valence-corrected chi connectivity index (χ0v) is 13.7. The van der Waals surface area contributed by atoms with Crippen LogP contribution < -0.4 is 9.47 Å². The third-order valence-electron chi connectivity index (χ3n) is 5.61. The van der Waals surface area contributed by atoms with E-state index in [0.29, 0.717) is 37.6 Å². The SMILES string of the molecule is COc1cccc2c1OC1CC3(CC[C@@]21CC[N+](=O)[O-])OCCO3. The van der Waals surface area contributed by atoms with Crippen molar-refractivity contribution in [1.29, 1.82) is 0 Å². The molecular weight excluding hydrogens is 314 g/mol. The monoisotopic (exact) mass is 335 g/mol. The van der Waals surface area contributed by atoms with Gasteiger partial charge in [0.1, 0.15) is 6.10 Å². The minimum absolute atomic E-state index is 0.0782. The molecule has 1 spiro atoms. The Hall–Kier alpha value is -1.86. The second kappa shape index (κ2) is 5.60. The first-order valence-electron chi connectivity index (χ1n) is 8.32. The number of para-hydroxylation sites is 1. The van der Waals surface area contributed by atoms with E-state index in [2.05, 4.69) is 0 Å².